The molecule has 5 rings (SSSR count). The van der Waals surface area contributed by atoms with E-state index < -0.39 is 15.8 Å². The molecule has 1 aliphatic heterocycles. The first-order valence-electron chi connectivity index (χ1n) is 13.0. The molecule has 0 aliphatic carbocycles. The number of ether oxygens (including phenoxy) is 1. The molecule has 0 spiro atoms. The van der Waals surface area contributed by atoms with Crippen molar-refractivity contribution >= 4 is 15.7 Å². The number of nitrogens with zero attached hydrogens (tertiary/aromatic N) is 1. The number of nitrogens with two attached hydrogens (primary N) is 1. The van der Waals surface area contributed by atoms with Crippen LogP contribution in [0.4, 0.5) is 10.1 Å². The smallest absolute Gasteiger partial charge is 0.261 e. The maximum atomic E-state index is 13.1. The summed E-state index contributed by atoms with van der Waals surface area (Å²) in [6, 6.07) is 28.6. The van der Waals surface area contributed by atoms with Gasteiger partial charge in [0.05, 0.1) is 4.90 Å². The van der Waals surface area contributed by atoms with Gasteiger partial charge in [-0.05, 0) is 83.6 Å². The second-order valence-electron chi connectivity index (χ2n) is 9.91. The number of anilines is 1. The molecule has 202 valence electrons. The van der Waals surface area contributed by atoms with Gasteiger partial charge >= 0.3 is 0 Å². The maximum Gasteiger partial charge on any atom is 0.261 e. The Kier molecular flexibility index (Phi) is 8.26. The average Bonchev–Trinajstić information content (AvgIpc) is 2.94. The van der Waals surface area contributed by atoms with Gasteiger partial charge in [-0.25, -0.2) is 12.8 Å². The van der Waals surface area contributed by atoms with Gasteiger partial charge in [0, 0.05) is 31.4 Å². The van der Waals surface area contributed by atoms with Crippen molar-refractivity contribution in [3.05, 3.63) is 125 Å². The van der Waals surface area contributed by atoms with E-state index >= 15 is 0 Å². The zero-order chi connectivity index (χ0) is 27.2. The summed E-state index contributed by atoms with van der Waals surface area (Å²) in [6.07, 6.45) is 1.50. The normalized spacial score (nSPS) is 14.4. The molecule has 1 heterocycles. The van der Waals surface area contributed by atoms with Crippen LogP contribution < -0.4 is 15.2 Å². The van der Waals surface area contributed by atoms with Crippen molar-refractivity contribution < 1.29 is 17.5 Å². The Balaban J connectivity index is 1.13. The van der Waals surface area contributed by atoms with E-state index in [1.165, 1.54) is 24.3 Å². The maximum absolute atomic E-state index is 13.1. The molecule has 6 nitrogen and oxygen atoms in total. The lowest BCUT2D eigenvalue weighted by atomic mass is 9.98. The minimum atomic E-state index is -3.76. The molecular weight excluding hydrogens is 513 g/mol. The lowest BCUT2D eigenvalue weighted by molar-refractivity contribution is 0.237. The van der Waals surface area contributed by atoms with Crippen LogP contribution in [0.3, 0.4) is 0 Å². The van der Waals surface area contributed by atoms with Crippen molar-refractivity contribution in [2.45, 2.75) is 36.9 Å². The third kappa shape index (κ3) is 7.23. The topological polar surface area (TPSA) is 84.7 Å². The molecule has 1 aliphatic rings. The number of rotatable bonds is 10. The molecule has 0 radical (unpaired) electrons. The number of sulfonamides is 1. The molecule has 8 heteroatoms. The largest absolute Gasteiger partial charge is 0.489 e. The summed E-state index contributed by atoms with van der Waals surface area (Å²) >= 11 is 0. The molecule has 0 saturated carbocycles. The zero-order valence-corrected chi connectivity index (χ0v) is 22.4. The van der Waals surface area contributed by atoms with Gasteiger partial charge in [-0.1, -0.05) is 48.5 Å². The van der Waals surface area contributed by atoms with E-state index in [-0.39, 0.29) is 10.9 Å². The lowest BCUT2D eigenvalue weighted by Gasteiger charge is -2.31. The quantitative estimate of drug-likeness (QED) is 0.289. The molecule has 4 aromatic carbocycles. The number of benzene rings is 4. The molecule has 0 unspecified atom stereocenters. The van der Waals surface area contributed by atoms with Gasteiger partial charge in [-0.15, -0.1) is 0 Å². The van der Waals surface area contributed by atoms with Crippen molar-refractivity contribution in [3.63, 3.8) is 0 Å². The fraction of sp³-hybridized carbons (Fsp3) is 0.226. The molecule has 1 atom stereocenters. The molecule has 0 saturated heterocycles. The summed E-state index contributed by atoms with van der Waals surface area (Å²) in [6.45, 7) is 2.81. The number of nitrogens with one attached hydrogen (secondary N) is 1. The summed E-state index contributed by atoms with van der Waals surface area (Å²) < 4.78 is 47.2. The van der Waals surface area contributed by atoms with Crippen LogP contribution in [-0.2, 0) is 36.0 Å². The first-order chi connectivity index (χ1) is 18.8. The fourth-order valence-corrected chi connectivity index (χ4v) is 5.91. The number of halogens is 1. The Morgan fingerprint density at radius 3 is 2.38 bits per heavy atom. The second kappa shape index (κ2) is 12.0. The summed E-state index contributed by atoms with van der Waals surface area (Å²) in [4.78, 5) is 2.52. The predicted molar refractivity (Wildman–Crippen MR) is 152 cm³/mol. The van der Waals surface area contributed by atoms with Gasteiger partial charge in [0.15, 0.2) is 0 Å². The minimum Gasteiger partial charge on any atom is -0.489 e. The highest BCUT2D eigenvalue weighted by atomic mass is 32.2. The molecule has 0 aromatic heterocycles. The van der Waals surface area contributed by atoms with Crippen molar-refractivity contribution in [3.8, 4) is 5.75 Å². The van der Waals surface area contributed by atoms with Crippen LogP contribution in [0.2, 0.25) is 0 Å². The van der Waals surface area contributed by atoms with E-state index in [4.69, 9.17) is 10.5 Å². The Morgan fingerprint density at radius 2 is 1.64 bits per heavy atom. The van der Waals surface area contributed by atoms with Crippen molar-refractivity contribution in [1.29, 1.82) is 0 Å². The summed E-state index contributed by atoms with van der Waals surface area (Å²) in [7, 11) is -3.76. The Hall–Kier alpha value is -3.72. The van der Waals surface area contributed by atoms with E-state index in [0.717, 1.165) is 60.5 Å². The Morgan fingerprint density at radius 1 is 0.897 bits per heavy atom. The van der Waals surface area contributed by atoms with Crippen LogP contribution in [-0.4, -0.2) is 32.4 Å². The highest BCUT2D eigenvalue weighted by Gasteiger charge is 2.22. The second-order valence-corrected chi connectivity index (χ2v) is 11.6. The molecule has 0 amide bonds. The van der Waals surface area contributed by atoms with E-state index in [1.54, 1.807) is 12.1 Å². The monoisotopic (exact) mass is 545 g/mol. The van der Waals surface area contributed by atoms with Gasteiger partial charge in [0.1, 0.15) is 18.2 Å². The Labute approximate surface area is 229 Å². The van der Waals surface area contributed by atoms with E-state index in [2.05, 4.69) is 21.8 Å². The van der Waals surface area contributed by atoms with E-state index in [1.807, 2.05) is 48.5 Å². The third-order valence-corrected chi connectivity index (χ3v) is 8.22. The van der Waals surface area contributed by atoms with Crippen LogP contribution in [0.1, 0.15) is 22.3 Å². The SMILES string of the molecule is N[C@@H](Cc1ccc(OCc2ccccc2)cc1)CN1CCc2cc(S(=O)(=O)Nc3ccc(F)cc3)ccc2C1. The molecule has 3 N–H and O–H groups in total. The van der Waals surface area contributed by atoms with Crippen LogP contribution in [0.15, 0.2) is 102 Å². The van der Waals surface area contributed by atoms with Gasteiger partial charge in [-0.3, -0.25) is 9.62 Å². The molecule has 39 heavy (non-hydrogen) atoms. The third-order valence-electron chi connectivity index (χ3n) is 6.84. The molecule has 0 bridgehead atoms. The van der Waals surface area contributed by atoms with Crippen LogP contribution in [0.25, 0.3) is 0 Å². The molecule has 0 fully saturated rings. The van der Waals surface area contributed by atoms with Crippen molar-refractivity contribution in [2.24, 2.45) is 5.73 Å². The van der Waals surface area contributed by atoms with Crippen molar-refractivity contribution in [2.75, 3.05) is 17.8 Å². The van der Waals surface area contributed by atoms with Crippen LogP contribution in [0.5, 0.6) is 5.75 Å². The van der Waals surface area contributed by atoms with E-state index in [0.29, 0.717) is 12.3 Å². The predicted octanol–water partition coefficient (Wildman–Crippen LogP) is 5.13. The number of hydrogen-bond donors (Lipinski definition) is 2. The van der Waals surface area contributed by atoms with Crippen molar-refractivity contribution in [1.82, 2.24) is 4.90 Å². The van der Waals surface area contributed by atoms with Gasteiger partial charge in [0.25, 0.3) is 10.0 Å². The Bertz CT molecular complexity index is 1490. The average molecular weight is 546 g/mol. The summed E-state index contributed by atoms with van der Waals surface area (Å²) in [5, 5.41) is 0. The van der Waals surface area contributed by atoms with Crippen LogP contribution in [0, 0.1) is 5.82 Å². The summed E-state index contributed by atoms with van der Waals surface area (Å²) in [5.41, 5.74) is 11.3. The highest BCUT2D eigenvalue weighted by Crippen LogP contribution is 2.25. The first-order valence-corrected chi connectivity index (χ1v) is 14.5. The van der Waals surface area contributed by atoms with Gasteiger partial charge in [-0.2, -0.15) is 0 Å². The van der Waals surface area contributed by atoms with Gasteiger partial charge < -0.3 is 10.5 Å². The van der Waals surface area contributed by atoms with E-state index in [9.17, 15) is 12.8 Å². The first kappa shape index (κ1) is 26.9. The standard InChI is InChI=1S/C31H32FN3O3S/c32-27-9-11-29(12-10-27)34-39(36,37)31-15-8-26-20-35(17-16-25(26)19-31)21-28(33)18-23-6-13-30(14-7-23)38-22-24-4-2-1-3-5-24/h1-15,19,28,34H,16-18,20-22,33H2/t28-/m0/s1. The fourth-order valence-electron chi connectivity index (χ4n) is 4.80. The molecule has 4 aromatic rings. The molecular formula is C31H32FN3O3S. The number of fused-ring (bicyclic) bond motifs is 1. The van der Waals surface area contributed by atoms with Gasteiger partial charge in [0.2, 0.25) is 0 Å². The van der Waals surface area contributed by atoms with Crippen LogP contribution >= 0.6 is 0 Å². The lowest BCUT2D eigenvalue weighted by Crippen LogP contribution is -2.41. The highest BCUT2D eigenvalue weighted by molar-refractivity contribution is 7.92. The minimum absolute atomic E-state index is 0.0257. The zero-order valence-electron chi connectivity index (χ0n) is 21.6. The number of hydrogen-bond acceptors (Lipinski definition) is 5. The summed E-state index contributed by atoms with van der Waals surface area (Å²) in [5.74, 6) is 0.413.